The lowest BCUT2D eigenvalue weighted by molar-refractivity contribution is -0.0498. The van der Waals surface area contributed by atoms with E-state index in [2.05, 4.69) is 15.4 Å². The third-order valence-corrected chi connectivity index (χ3v) is 3.39. The molecule has 0 spiro atoms. The minimum Gasteiger partial charge on any atom is -0.444 e. The Kier molecular flexibility index (Phi) is 6.92. The summed E-state index contributed by atoms with van der Waals surface area (Å²) in [7, 11) is 0. The second-order valence-corrected chi connectivity index (χ2v) is 6.91. The van der Waals surface area contributed by atoms with Gasteiger partial charge in [-0.25, -0.2) is 4.79 Å². The summed E-state index contributed by atoms with van der Waals surface area (Å²) in [6.07, 6.45) is -0.580. The molecule has 2 rings (SSSR count). The van der Waals surface area contributed by atoms with Crippen molar-refractivity contribution in [2.45, 2.75) is 39.5 Å². The van der Waals surface area contributed by atoms with Crippen LogP contribution in [0.2, 0.25) is 0 Å². The number of hydrogen-bond donors (Lipinski definition) is 2. The number of ether oxygens (including phenoxy) is 2. The van der Waals surface area contributed by atoms with Crippen LogP contribution in [0, 0.1) is 0 Å². The predicted molar refractivity (Wildman–Crippen MR) is 101 cm³/mol. The quantitative estimate of drug-likeness (QED) is 0.755. The fraction of sp³-hybridized carbons (Fsp3) is 0.300. The highest BCUT2D eigenvalue weighted by molar-refractivity contribution is 5.95. The molecule has 2 N–H and O–H groups in total. The number of carbonyl (C=O) groups excluding carboxylic acids is 2. The Bertz CT molecular complexity index is 800. The van der Waals surface area contributed by atoms with Crippen LogP contribution in [0.25, 0.3) is 0 Å². The van der Waals surface area contributed by atoms with Gasteiger partial charge in [0.2, 0.25) is 0 Å². The van der Waals surface area contributed by atoms with Crippen LogP contribution in [-0.2, 0) is 11.3 Å². The van der Waals surface area contributed by atoms with Crippen LogP contribution in [0.5, 0.6) is 5.75 Å². The normalized spacial score (nSPS) is 11.1. The minimum atomic E-state index is -2.88. The van der Waals surface area contributed by atoms with E-state index in [4.69, 9.17) is 4.74 Å². The van der Waals surface area contributed by atoms with E-state index in [1.165, 1.54) is 12.1 Å². The molecule has 0 unspecified atom stereocenters. The fourth-order valence-electron chi connectivity index (χ4n) is 2.20. The molecular formula is C20H22F2N2O4. The molecule has 28 heavy (non-hydrogen) atoms. The maximum atomic E-state index is 12.2. The van der Waals surface area contributed by atoms with Crippen molar-refractivity contribution in [3.8, 4) is 5.75 Å². The zero-order chi connectivity index (χ0) is 20.7. The zero-order valence-corrected chi connectivity index (χ0v) is 15.8. The average molecular weight is 392 g/mol. The van der Waals surface area contributed by atoms with Gasteiger partial charge in [-0.2, -0.15) is 8.78 Å². The molecule has 0 aromatic heterocycles. The van der Waals surface area contributed by atoms with Crippen LogP contribution in [0.4, 0.5) is 19.3 Å². The third kappa shape index (κ3) is 7.22. The summed E-state index contributed by atoms with van der Waals surface area (Å²) >= 11 is 0. The smallest absolute Gasteiger partial charge is 0.412 e. The van der Waals surface area contributed by atoms with Crippen molar-refractivity contribution in [3.05, 3.63) is 59.7 Å². The van der Waals surface area contributed by atoms with E-state index >= 15 is 0 Å². The Morgan fingerprint density at radius 2 is 1.61 bits per heavy atom. The van der Waals surface area contributed by atoms with Crippen molar-refractivity contribution in [2.75, 3.05) is 5.32 Å². The Morgan fingerprint density at radius 1 is 1.00 bits per heavy atom. The van der Waals surface area contributed by atoms with Crippen LogP contribution < -0.4 is 15.4 Å². The van der Waals surface area contributed by atoms with E-state index in [9.17, 15) is 18.4 Å². The summed E-state index contributed by atoms with van der Waals surface area (Å²) in [5, 5.41) is 5.31. The second kappa shape index (κ2) is 9.16. The van der Waals surface area contributed by atoms with Crippen LogP contribution in [0.3, 0.4) is 0 Å². The molecule has 8 heteroatoms. The molecule has 0 aliphatic carbocycles. The largest absolute Gasteiger partial charge is 0.444 e. The summed E-state index contributed by atoms with van der Waals surface area (Å²) in [6.45, 7) is 2.64. The fourth-order valence-corrected chi connectivity index (χ4v) is 2.20. The summed E-state index contributed by atoms with van der Waals surface area (Å²) in [4.78, 5) is 23.9. The van der Waals surface area contributed by atoms with E-state index in [0.29, 0.717) is 11.3 Å². The Hall–Kier alpha value is -3.16. The number of amides is 2. The molecule has 0 aliphatic heterocycles. The van der Waals surface area contributed by atoms with Crippen molar-refractivity contribution in [1.82, 2.24) is 5.32 Å². The molecule has 150 valence electrons. The summed E-state index contributed by atoms with van der Waals surface area (Å²) in [5.74, 6) is -0.255. The zero-order valence-electron chi connectivity index (χ0n) is 15.8. The predicted octanol–water partition coefficient (Wildman–Crippen LogP) is 4.57. The van der Waals surface area contributed by atoms with Crippen LogP contribution in [0.1, 0.15) is 36.7 Å². The maximum Gasteiger partial charge on any atom is 0.412 e. The SMILES string of the molecule is CC(C)(C)OC(=O)Nc1ccc(C(=O)NCc2ccc(OC(F)F)cc2)cc1. The molecule has 0 aliphatic rings. The van der Waals surface area contributed by atoms with Gasteiger partial charge >= 0.3 is 12.7 Å². The lowest BCUT2D eigenvalue weighted by atomic mass is 10.1. The molecule has 0 radical (unpaired) electrons. The monoisotopic (exact) mass is 392 g/mol. The minimum absolute atomic E-state index is 0.0538. The number of hydrogen-bond acceptors (Lipinski definition) is 4. The standard InChI is InChI=1S/C20H22F2N2O4/c1-20(2,3)28-19(26)24-15-8-6-14(7-9-15)17(25)23-12-13-4-10-16(11-5-13)27-18(21)22/h4-11,18H,12H2,1-3H3,(H,23,25)(H,24,26). The van der Waals surface area contributed by atoms with E-state index in [1.807, 2.05) is 0 Å². The molecule has 6 nitrogen and oxygen atoms in total. The number of anilines is 1. The highest BCUT2D eigenvalue weighted by atomic mass is 19.3. The first-order valence-electron chi connectivity index (χ1n) is 8.54. The van der Waals surface area contributed by atoms with Gasteiger partial charge in [-0.15, -0.1) is 0 Å². The lowest BCUT2D eigenvalue weighted by Crippen LogP contribution is -2.27. The number of rotatable bonds is 6. The molecule has 0 heterocycles. The molecule has 0 saturated carbocycles. The third-order valence-electron chi connectivity index (χ3n) is 3.39. The van der Waals surface area contributed by atoms with E-state index in [1.54, 1.807) is 57.2 Å². The number of halogens is 2. The van der Waals surface area contributed by atoms with E-state index in [-0.39, 0.29) is 18.2 Å². The van der Waals surface area contributed by atoms with E-state index in [0.717, 1.165) is 5.56 Å². The Morgan fingerprint density at radius 3 is 2.14 bits per heavy atom. The molecule has 0 saturated heterocycles. The van der Waals surface area contributed by atoms with Crippen LogP contribution >= 0.6 is 0 Å². The van der Waals surface area contributed by atoms with Gasteiger partial charge in [-0.05, 0) is 62.7 Å². The van der Waals surface area contributed by atoms with Crippen LogP contribution in [-0.4, -0.2) is 24.2 Å². The van der Waals surface area contributed by atoms with Gasteiger partial charge < -0.3 is 14.8 Å². The molecule has 0 atom stereocenters. The molecule has 0 fully saturated rings. The van der Waals surface area contributed by atoms with Gasteiger partial charge in [-0.3, -0.25) is 10.1 Å². The number of benzene rings is 2. The lowest BCUT2D eigenvalue weighted by Gasteiger charge is -2.19. The summed E-state index contributed by atoms with van der Waals surface area (Å²) < 4.78 is 33.7. The first-order valence-corrected chi connectivity index (χ1v) is 8.54. The Labute approximate surface area is 161 Å². The van der Waals surface area contributed by atoms with Gasteiger partial charge in [-0.1, -0.05) is 12.1 Å². The molecule has 2 amide bonds. The topological polar surface area (TPSA) is 76.7 Å². The second-order valence-electron chi connectivity index (χ2n) is 6.91. The highest BCUT2D eigenvalue weighted by Gasteiger charge is 2.16. The van der Waals surface area contributed by atoms with Gasteiger partial charge in [0.25, 0.3) is 5.91 Å². The molecule has 2 aromatic carbocycles. The van der Waals surface area contributed by atoms with Gasteiger partial charge in [0.1, 0.15) is 11.4 Å². The number of alkyl halides is 2. The average Bonchev–Trinajstić information content (AvgIpc) is 2.59. The van der Waals surface area contributed by atoms with Crippen molar-refractivity contribution >= 4 is 17.7 Å². The van der Waals surface area contributed by atoms with Gasteiger partial charge in [0, 0.05) is 17.8 Å². The van der Waals surface area contributed by atoms with Crippen molar-refractivity contribution in [3.63, 3.8) is 0 Å². The first kappa shape index (κ1) is 21.1. The van der Waals surface area contributed by atoms with Crippen molar-refractivity contribution in [1.29, 1.82) is 0 Å². The van der Waals surface area contributed by atoms with E-state index < -0.39 is 18.3 Å². The highest BCUT2D eigenvalue weighted by Crippen LogP contribution is 2.16. The summed E-state index contributed by atoms with van der Waals surface area (Å²) in [5.41, 5.74) is 1.04. The number of nitrogens with one attached hydrogen (secondary N) is 2. The van der Waals surface area contributed by atoms with Gasteiger partial charge in [0.05, 0.1) is 0 Å². The number of carbonyl (C=O) groups is 2. The van der Waals surface area contributed by atoms with Crippen LogP contribution in [0.15, 0.2) is 48.5 Å². The van der Waals surface area contributed by atoms with Crippen molar-refractivity contribution in [2.24, 2.45) is 0 Å². The molecular weight excluding hydrogens is 370 g/mol. The van der Waals surface area contributed by atoms with Gasteiger partial charge in [0.15, 0.2) is 0 Å². The van der Waals surface area contributed by atoms with Crippen molar-refractivity contribution < 1.29 is 27.8 Å². The molecule has 0 bridgehead atoms. The Balaban J connectivity index is 1.86. The maximum absolute atomic E-state index is 12.2. The first-order chi connectivity index (χ1) is 13.1. The molecule has 2 aromatic rings. The summed E-state index contributed by atoms with van der Waals surface area (Å²) in [6, 6.07) is 12.3.